The molecule has 1 aromatic heterocycles. The summed E-state index contributed by atoms with van der Waals surface area (Å²) in [6.45, 7) is 10.0. The Balaban J connectivity index is 1.15. The fourth-order valence-electron chi connectivity index (χ4n) is 9.82. The summed E-state index contributed by atoms with van der Waals surface area (Å²) < 4.78 is 13.4. The Labute approximate surface area is 269 Å². The summed E-state index contributed by atoms with van der Waals surface area (Å²) in [5.41, 5.74) is 0.907. The molecule has 1 aliphatic heterocycles. The van der Waals surface area contributed by atoms with Crippen LogP contribution in [0.5, 0.6) is 0 Å². The van der Waals surface area contributed by atoms with Gasteiger partial charge in [0, 0.05) is 39.3 Å². The number of allylic oxidation sites excluding steroid dienone is 4. The van der Waals surface area contributed by atoms with E-state index in [1.165, 1.54) is 10.4 Å². The largest absolute Gasteiger partial charge is 0.393 e. The van der Waals surface area contributed by atoms with Crippen molar-refractivity contribution in [3.63, 3.8) is 0 Å². The first-order valence-electron chi connectivity index (χ1n) is 16.3. The van der Waals surface area contributed by atoms with Crippen molar-refractivity contribution in [2.45, 2.75) is 96.4 Å². The predicted octanol–water partition coefficient (Wildman–Crippen LogP) is 6.15. The molecule has 2 heterocycles. The smallest absolute Gasteiger partial charge is 0.194 e. The number of carbonyl (C=O) groups excluding carboxylic acids is 2. The monoisotopic (exact) mass is 631 g/mol. The van der Waals surface area contributed by atoms with Crippen LogP contribution in [0.15, 0.2) is 60.2 Å². The summed E-state index contributed by atoms with van der Waals surface area (Å²) >= 11 is 1.62. The van der Waals surface area contributed by atoms with Gasteiger partial charge in [0.1, 0.15) is 6.61 Å². The minimum atomic E-state index is -1.34. The second kappa shape index (κ2) is 10.7. The quantitative estimate of drug-likeness (QED) is 0.351. The highest BCUT2D eigenvalue weighted by atomic mass is 32.1. The van der Waals surface area contributed by atoms with Crippen LogP contribution in [-0.2, 0) is 25.5 Å². The zero-order chi connectivity index (χ0) is 31.9. The van der Waals surface area contributed by atoms with Crippen LogP contribution in [0.3, 0.4) is 0 Å². The molecule has 1 aromatic carbocycles. The van der Waals surface area contributed by atoms with Gasteiger partial charge >= 0.3 is 0 Å². The summed E-state index contributed by atoms with van der Waals surface area (Å²) in [5, 5.41) is 25.7. The number of carbonyl (C=O) groups is 2. The molecule has 240 valence electrons. The minimum Gasteiger partial charge on any atom is -0.393 e. The highest BCUT2D eigenvalue weighted by Crippen LogP contribution is 2.70. The summed E-state index contributed by atoms with van der Waals surface area (Å²) in [5.74, 6) is -0.210. The summed E-state index contributed by atoms with van der Waals surface area (Å²) in [7, 11) is 0. The van der Waals surface area contributed by atoms with Crippen LogP contribution in [0.1, 0.15) is 81.9 Å². The number of benzene rings is 1. The zero-order valence-electron chi connectivity index (χ0n) is 26.8. The molecule has 0 bridgehead atoms. The predicted molar refractivity (Wildman–Crippen MR) is 174 cm³/mol. The number of fused-ring (bicyclic) bond motifs is 7. The average Bonchev–Trinajstić information content (AvgIpc) is 3.65. The van der Waals surface area contributed by atoms with Crippen LogP contribution in [0, 0.1) is 28.6 Å². The Morgan fingerprint density at radius 2 is 1.98 bits per heavy atom. The van der Waals surface area contributed by atoms with E-state index in [9.17, 15) is 19.8 Å². The molecular weight excluding hydrogens is 586 g/mol. The molecule has 4 fully saturated rings. The van der Waals surface area contributed by atoms with Crippen LogP contribution in [0.25, 0.3) is 0 Å². The second-order valence-electron chi connectivity index (χ2n) is 15.4. The molecule has 4 aliphatic carbocycles. The van der Waals surface area contributed by atoms with E-state index in [2.05, 4.69) is 70.3 Å². The number of thiophene rings is 1. The molecule has 0 spiro atoms. The van der Waals surface area contributed by atoms with Gasteiger partial charge in [0.05, 0.1) is 17.1 Å². The number of hydrogen-bond acceptors (Lipinski definition) is 8. The van der Waals surface area contributed by atoms with E-state index in [0.717, 1.165) is 35.4 Å². The molecule has 7 rings (SSSR count). The molecule has 7 nitrogen and oxygen atoms in total. The number of anilines is 1. The zero-order valence-corrected chi connectivity index (χ0v) is 27.7. The van der Waals surface area contributed by atoms with Gasteiger partial charge in [0.25, 0.3) is 0 Å². The van der Waals surface area contributed by atoms with Gasteiger partial charge in [-0.3, -0.25) is 9.59 Å². The highest BCUT2D eigenvalue weighted by molar-refractivity contribution is 7.12. The SMILES string of the molecule is CC(C)(C)Nc1cccc(Cc2ccc([C@@H]3O[C@@H]4C[C@H]5[C@@H]6CCC7=CC(=O)C=C[C@]7(C)[C@H]6[C@@H](O)C[C@]5(C)[C@]4(C(=O)CO)O3)s2)c1. The third-order valence-corrected chi connectivity index (χ3v) is 12.6. The Hall–Kier alpha value is -2.62. The van der Waals surface area contributed by atoms with E-state index < -0.39 is 41.5 Å². The summed E-state index contributed by atoms with van der Waals surface area (Å²) in [6, 6.07) is 12.6. The van der Waals surface area contributed by atoms with E-state index in [-0.39, 0.29) is 34.9 Å². The van der Waals surface area contributed by atoms with Gasteiger partial charge in [-0.05, 0) is 100 Å². The first kappa shape index (κ1) is 31.0. The fraction of sp³-hybridized carbons (Fsp3) is 0.568. The first-order valence-corrected chi connectivity index (χ1v) is 17.1. The van der Waals surface area contributed by atoms with Crippen molar-refractivity contribution in [3.8, 4) is 0 Å². The number of ether oxygens (including phenoxy) is 2. The molecule has 0 radical (unpaired) electrons. The minimum absolute atomic E-state index is 0.00888. The number of rotatable bonds is 6. The van der Waals surface area contributed by atoms with Crippen LogP contribution < -0.4 is 5.32 Å². The summed E-state index contributed by atoms with van der Waals surface area (Å²) in [4.78, 5) is 28.1. The third kappa shape index (κ3) is 4.82. The van der Waals surface area contributed by atoms with Gasteiger partial charge in [-0.25, -0.2) is 0 Å². The van der Waals surface area contributed by atoms with E-state index >= 15 is 0 Å². The summed E-state index contributed by atoms with van der Waals surface area (Å²) in [6.07, 6.45) is 6.87. The molecule has 3 N–H and O–H groups in total. The van der Waals surface area contributed by atoms with Gasteiger partial charge < -0.3 is 25.0 Å². The van der Waals surface area contributed by atoms with Crippen molar-refractivity contribution in [1.29, 1.82) is 0 Å². The molecule has 0 unspecified atom stereocenters. The lowest BCUT2D eigenvalue weighted by Gasteiger charge is -2.59. The van der Waals surface area contributed by atoms with Gasteiger partial charge in [-0.15, -0.1) is 11.3 Å². The molecule has 2 aromatic rings. The van der Waals surface area contributed by atoms with Crippen molar-refractivity contribution < 1.29 is 29.3 Å². The maximum absolute atomic E-state index is 13.8. The maximum atomic E-state index is 13.8. The van der Waals surface area contributed by atoms with Crippen LogP contribution >= 0.6 is 11.3 Å². The van der Waals surface area contributed by atoms with Gasteiger partial charge in [-0.2, -0.15) is 0 Å². The second-order valence-corrected chi connectivity index (χ2v) is 16.6. The molecule has 1 saturated heterocycles. The molecule has 3 saturated carbocycles. The normalized spacial score (nSPS) is 38.6. The Morgan fingerprint density at radius 3 is 2.73 bits per heavy atom. The van der Waals surface area contributed by atoms with Crippen molar-refractivity contribution in [3.05, 3.63) is 75.5 Å². The van der Waals surface area contributed by atoms with E-state index in [0.29, 0.717) is 12.8 Å². The molecule has 5 aliphatic rings. The lowest BCUT2D eigenvalue weighted by atomic mass is 9.46. The average molecular weight is 632 g/mol. The lowest BCUT2D eigenvalue weighted by molar-refractivity contribution is -0.200. The Kier molecular flexibility index (Phi) is 7.38. The van der Waals surface area contributed by atoms with E-state index in [1.54, 1.807) is 23.5 Å². The number of aliphatic hydroxyl groups excluding tert-OH is 2. The van der Waals surface area contributed by atoms with Crippen molar-refractivity contribution in [1.82, 2.24) is 0 Å². The standard InChI is InChI=1S/C37H45NO6S/c1-34(2,3)38-23-8-6-7-21(15-23)16-25-10-12-29(45-25)33-43-31-18-27-26-11-9-22-17-24(40)13-14-35(22,4)32(26)28(41)19-36(27,5)37(31,44-33)30(42)20-39/h6-8,10,12-15,17,26-28,31-33,38-39,41H,9,11,16,18-20H2,1-5H3/t26-,27-,28-,31+,32+,33+,35-,36-,37+/m0/s1. The molecule has 0 amide bonds. The number of aliphatic hydroxyl groups is 2. The lowest BCUT2D eigenvalue weighted by Crippen LogP contribution is -2.63. The fourth-order valence-corrected chi connectivity index (χ4v) is 10.8. The molecule has 8 heteroatoms. The van der Waals surface area contributed by atoms with Gasteiger partial charge in [-0.1, -0.05) is 37.6 Å². The Morgan fingerprint density at radius 1 is 1.18 bits per heavy atom. The number of hydrogen-bond donors (Lipinski definition) is 3. The number of ketones is 2. The molecule has 45 heavy (non-hydrogen) atoms. The van der Waals surface area contributed by atoms with Gasteiger partial charge in [0.15, 0.2) is 23.5 Å². The van der Waals surface area contributed by atoms with E-state index in [1.807, 2.05) is 12.1 Å². The van der Waals surface area contributed by atoms with Crippen LogP contribution in [0.2, 0.25) is 0 Å². The molecule has 9 atom stereocenters. The third-order valence-electron chi connectivity index (χ3n) is 11.5. The van der Waals surface area contributed by atoms with Crippen LogP contribution in [-0.4, -0.2) is 51.7 Å². The number of nitrogens with one attached hydrogen (secondary N) is 1. The number of Topliss-reactive ketones (excluding diaryl/α,β-unsaturated/α-hetero) is 1. The van der Waals surface area contributed by atoms with Crippen LogP contribution in [0.4, 0.5) is 5.69 Å². The first-order chi connectivity index (χ1) is 21.3. The topological polar surface area (TPSA) is 105 Å². The van der Waals surface area contributed by atoms with Crippen molar-refractivity contribution >= 4 is 28.6 Å². The highest BCUT2D eigenvalue weighted by Gasteiger charge is 2.76. The van der Waals surface area contributed by atoms with Crippen molar-refractivity contribution in [2.24, 2.45) is 28.6 Å². The molecular formula is C37H45NO6S. The Bertz CT molecular complexity index is 1590. The van der Waals surface area contributed by atoms with E-state index in [4.69, 9.17) is 9.47 Å². The maximum Gasteiger partial charge on any atom is 0.194 e. The van der Waals surface area contributed by atoms with Gasteiger partial charge in [0.2, 0.25) is 0 Å². The van der Waals surface area contributed by atoms with Crippen molar-refractivity contribution in [2.75, 3.05) is 11.9 Å².